The van der Waals surface area contributed by atoms with Crippen LogP contribution in [-0.2, 0) is 4.74 Å². The molecule has 0 aliphatic rings. The number of esters is 1. The number of aryl methyl sites for hydroxylation is 2. The molecule has 1 heterocycles. The molecule has 0 atom stereocenters. The maximum atomic E-state index is 11.5. The SMILES string of the molecule is COC(=O)c1sc(Oc2c(C)ccc(C)c2C)nc1Cl. The van der Waals surface area contributed by atoms with E-state index in [0.717, 1.165) is 33.8 Å². The molecule has 20 heavy (non-hydrogen) atoms. The van der Waals surface area contributed by atoms with E-state index in [2.05, 4.69) is 9.72 Å². The summed E-state index contributed by atoms with van der Waals surface area (Å²) in [4.78, 5) is 15.8. The molecule has 0 aliphatic carbocycles. The summed E-state index contributed by atoms with van der Waals surface area (Å²) in [5.74, 6) is 0.229. The highest BCUT2D eigenvalue weighted by Crippen LogP contribution is 2.35. The minimum atomic E-state index is -0.514. The van der Waals surface area contributed by atoms with Crippen LogP contribution in [-0.4, -0.2) is 18.1 Å². The van der Waals surface area contributed by atoms with Crippen molar-refractivity contribution in [3.8, 4) is 10.9 Å². The van der Waals surface area contributed by atoms with Crippen molar-refractivity contribution in [3.05, 3.63) is 38.9 Å². The summed E-state index contributed by atoms with van der Waals surface area (Å²) in [6.45, 7) is 5.95. The zero-order valence-corrected chi connectivity index (χ0v) is 13.2. The van der Waals surface area contributed by atoms with Crippen molar-refractivity contribution < 1.29 is 14.3 Å². The van der Waals surface area contributed by atoms with Crippen LogP contribution in [0.3, 0.4) is 0 Å². The fourth-order valence-corrected chi connectivity index (χ4v) is 2.77. The number of nitrogens with zero attached hydrogens (tertiary/aromatic N) is 1. The third-order valence-electron chi connectivity index (χ3n) is 3.00. The van der Waals surface area contributed by atoms with Crippen LogP contribution >= 0.6 is 22.9 Å². The largest absolute Gasteiger partial charge is 0.465 e. The molecule has 0 amide bonds. The number of halogens is 1. The first kappa shape index (κ1) is 14.8. The topological polar surface area (TPSA) is 48.4 Å². The number of benzene rings is 1. The summed E-state index contributed by atoms with van der Waals surface area (Å²) in [5, 5.41) is 0.423. The minimum Gasteiger partial charge on any atom is -0.465 e. The van der Waals surface area contributed by atoms with Gasteiger partial charge in [-0.1, -0.05) is 35.1 Å². The smallest absolute Gasteiger partial charge is 0.351 e. The summed E-state index contributed by atoms with van der Waals surface area (Å²) in [7, 11) is 1.30. The number of carbonyl (C=O) groups is 1. The fourth-order valence-electron chi connectivity index (χ4n) is 1.72. The van der Waals surface area contributed by atoms with Gasteiger partial charge in [0.05, 0.1) is 7.11 Å². The minimum absolute atomic E-state index is 0.0970. The van der Waals surface area contributed by atoms with Gasteiger partial charge in [-0.2, -0.15) is 4.98 Å². The van der Waals surface area contributed by atoms with Crippen molar-refractivity contribution in [2.45, 2.75) is 20.8 Å². The van der Waals surface area contributed by atoms with E-state index in [9.17, 15) is 4.79 Å². The molecular formula is C14H14ClNO3S. The van der Waals surface area contributed by atoms with Gasteiger partial charge in [0.2, 0.25) is 0 Å². The van der Waals surface area contributed by atoms with Crippen LogP contribution in [0.15, 0.2) is 12.1 Å². The van der Waals surface area contributed by atoms with Crippen LogP contribution in [0.4, 0.5) is 0 Å². The molecule has 4 nitrogen and oxygen atoms in total. The van der Waals surface area contributed by atoms with Crippen LogP contribution in [0.5, 0.6) is 10.9 Å². The molecule has 0 bridgehead atoms. The van der Waals surface area contributed by atoms with Crippen molar-refractivity contribution in [2.75, 3.05) is 7.11 Å². The molecule has 0 saturated heterocycles. The van der Waals surface area contributed by atoms with E-state index >= 15 is 0 Å². The summed E-state index contributed by atoms with van der Waals surface area (Å²) >= 11 is 6.98. The first-order valence-electron chi connectivity index (χ1n) is 5.93. The Kier molecular flexibility index (Phi) is 4.30. The van der Waals surface area contributed by atoms with Gasteiger partial charge in [-0.15, -0.1) is 0 Å². The highest BCUT2D eigenvalue weighted by molar-refractivity contribution is 7.15. The molecule has 6 heteroatoms. The van der Waals surface area contributed by atoms with Crippen LogP contribution in [0.25, 0.3) is 0 Å². The molecule has 0 radical (unpaired) electrons. The first-order valence-corrected chi connectivity index (χ1v) is 7.12. The Balaban J connectivity index is 2.36. The van der Waals surface area contributed by atoms with Gasteiger partial charge in [0.15, 0.2) is 10.0 Å². The number of aromatic nitrogens is 1. The average Bonchev–Trinajstić information content (AvgIpc) is 2.79. The third kappa shape index (κ3) is 2.78. The van der Waals surface area contributed by atoms with E-state index in [1.54, 1.807) is 0 Å². The van der Waals surface area contributed by atoms with Crippen LogP contribution in [0.2, 0.25) is 5.15 Å². The van der Waals surface area contributed by atoms with E-state index in [1.165, 1.54) is 7.11 Å². The zero-order chi connectivity index (χ0) is 14.9. The summed E-state index contributed by atoms with van der Waals surface area (Å²) in [5.41, 5.74) is 3.16. The highest BCUT2D eigenvalue weighted by atomic mass is 35.5. The number of thiazole rings is 1. The van der Waals surface area contributed by atoms with E-state index in [0.29, 0.717) is 5.19 Å². The van der Waals surface area contributed by atoms with Gasteiger partial charge in [0, 0.05) is 0 Å². The Bertz CT molecular complexity index is 667. The molecular weight excluding hydrogens is 298 g/mol. The van der Waals surface area contributed by atoms with Crippen molar-refractivity contribution in [1.29, 1.82) is 0 Å². The fraction of sp³-hybridized carbons (Fsp3) is 0.286. The summed E-state index contributed by atoms with van der Waals surface area (Å²) in [6.07, 6.45) is 0. The third-order valence-corrected chi connectivity index (χ3v) is 4.30. The predicted molar refractivity (Wildman–Crippen MR) is 79.2 cm³/mol. The Hall–Kier alpha value is -1.59. The number of methoxy groups -OCH3 is 1. The molecule has 0 fully saturated rings. The predicted octanol–water partition coefficient (Wildman–Crippen LogP) is 4.30. The second-order valence-electron chi connectivity index (χ2n) is 4.35. The van der Waals surface area contributed by atoms with E-state index in [-0.39, 0.29) is 10.0 Å². The number of rotatable bonds is 3. The summed E-state index contributed by atoms with van der Waals surface area (Å²) < 4.78 is 10.4. The van der Waals surface area contributed by atoms with Gasteiger partial charge < -0.3 is 9.47 Å². The quantitative estimate of drug-likeness (QED) is 0.793. The van der Waals surface area contributed by atoms with Gasteiger partial charge in [0.25, 0.3) is 5.19 Å². The first-order chi connectivity index (χ1) is 9.43. The Morgan fingerprint density at radius 2 is 1.90 bits per heavy atom. The van der Waals surface area contributed by atoms with Gasteiger partial charge in [-0.3, -0.25) is 0 Å². The molecule has 1 aromatic heterocycles. The molecule has 0 saturated carbocycles. The summed E-state index contributed by atoms with van der Waals surface area (Å²) in [6, 6.07) is 4.01. The maximum Gasteiger partial charge on any atom is 0.351 e. The van der Waals surface area contributed by atoms with E-state index in [4.69, 9.17) is 16.3 Å². The lowest BCUT2D eigenvalue weighted by atomic mass is 10.1. The van der Waals surface area contributed by atoms with Crippen molar-refractivity contribution in [2.24, 2.45) is 0 Å². The van der Waals surface area contributed by atoms with Gasteiger partial charge in [0.1, 0.15) is 5.75 Å². The number of hydrogen-bond donors (Lipinski definition) is 0. The Morgan fingerprint density at radius 1 is 1.25 bits per heavy atom. The molecule has 0 spiro atoms. The van der Waals surface area contributed by atoms with E-state index in [1.807, 2.05) is 32.9 Å². The second-order valence-corrected chi connectivity index (χ2v) is 5.67. The molecule has 106 valence electrons. The average molecular weight is 312 g/mol. The second kappa shape index (κ2) is 5.81. The molecule has 2 rings (SSSR count). The molecule has 2 aromatic rings. The Labute approximate surface area is 126 Å². The maximum absolute atomic E-state index is 11.5. The normalized spacial score (nSPS) is 10.4. The lowest BCUT2D eigenvalue weighted by molar-refractivity contribution is 0.0606. The standard InChI is InChI=1S/C14H14ClNO3S/c1-7-5-6-8(2)10(9(7)3)19-14-16-12(15)11(20-14)13(17)18-4/h5-6H,1-4H3. The lowest BCUT2D eigenvalue weighted by Gasteiger charge is -2.11. The van der Waals surface area contributed by atoms with Gasteiger partial charge in [-0.25, -0.2) is 4.79 Å². The molecule has 0 unspecified atom stereocenters. The van der Waals surface area contributed by atoms with Crippen LogP contribution < -0.4 is 4.74 Å². The van der Waals surface area contributed by atoms with Crippen molar-refractivity contribution >= 4 is 28.9 Å². The molecule has 0 aliphatic heterocycles. The van der Waals surface area contributed by atoms with E-state index < -0.39 is 5.97 Å². The monoisotopic (exact) mass is 311 g/mol. The highest BCUT2D eigenvalue weighted by Gasteiger charge is 2.19. The zero-order valence-electron chi connectivity index (χ0n) is 11.6. The number of ether oxygens (including phenoxy) is 2. The Morgan fingerprint density at radius 3 is 2.55 bits per heavy atom. The van der Waals surface area contributed by atoms with Crippen LogP contribution in [0.1, 0.15) is 26.4 Å². The lowest BCUT2D eigenvalue weighted by Crippen LogP contribution is -1.98. The van der Waals surface area contributed by atoms with Crippen LogP contribution in [0, 0.1) is 20.8 Å². The van der Waals surface area contributed by atoms with Gasteiger partial charge in [-0.05, 0) is 37.5 Å². The number of hydrogen-bond acceptors (Lipinski definition) is 5. The van der Waals surface area contributed by atoms with Crippen molar-refractivity contribution in [1.82, 2.24) is 4.98 Å². The van der Waals surface area contributed by atoms with Gasteiger partial charge >= 0.3 is 5.97 Å². The molecule has 1 aromatic carbocycles. The van der Waals surface area contributed by atoms with Crippen molar-refractivity contribution in [3.63, 3.8) is 0 Å². The molecule has 0 N–H and O–H groups in total. The number of carbonyl (C=O) groups excluding carboxylic acids is 1.